The maximum atomic E-state index is 13.2. The van der Waals surface area contributed by atoms with Crippen molar-refractivity contribution in [3.8, 4) is 0 Å². The molecule has 0 aliphatic carbocycles. The van der Waals surface area contributed by atoms with Gasteiger partial charge in [0.05, 0.1) is 6.61 Å². The second-order valence-electron chi connectivity index (χ2n) is 22.0. The zero-order chi connectivity index (χ0) is 58.9. The predicted octanol–water partition coefficient (Wildman–Crippen LogP) is 17.5. The number of carbonyl (C=O) groups excluding carboxylic acids is 3. The molecule has 1 fully saturated rings. The Bertz CT molecular complexity index is 1730. The summed E-state index contributed by atoms with van der Waals surface area (Å²) in [6, 6.07) is 0. The molecular weight excluding hydrogens is 1020 g/mol. The summed E-state index contributed by atoms with van der Waals surface area (Å²) in [5, 5.41) is 31.6. The number of esters is 3. The number of carboxylic acids is 1. The Morgan fingerprint density at radius 3 is 1.22 bits per heavy atom. The van der Waals surface area contributed by atoms with Gasteiger partial charge in [-0.15, -0.1) is 0 Å². The molecule has 0 aromatic rings. The molecule has 1 heterocycles. The van der Waals surface area contributed by atoms with Crippen LogP contribution in [-0.4, -0.2) is 89.2 Å². The Labute approximate surface area is 492 Å². The molecule has 0 bridgehead atoms. The van der Waals surface area contributed by atoms with Gasteiger partial charge >= 0.3 is 23.9 Å². The van der Waals surface area contributed by atoms with Gasteiger partial charge in [-0.3, -0.25) is 14.4 Å². The first-order valence-electron chi connectivity index (χ1n) is 32.6. The maximum Gasteiger partial charge on any atom is 0.335 e. The summed E-state index contributed by atoms with van der Waals surface area (Å²) in [4.78, 5) is 51.3. The van der Waals surface area contributed by atoms with Gasteiger partial charge in [-0.05, 0) is 96.3 Å². The lowest BCUT2D eigenvalue weighted by atomic mass is 9.98. The molecule has 1 aliphatic heterocycles. The number of hydrogen-bond acceptors (Lipinski definition) is 11. The van der Waals surface area contributed by atoms with Crippen molar-refractivity contribution in [1.82, 2.24) is 0 Å². The van der Waals surface area contributed by atoms with Gasteiger partial charge in [0.1, 0.15) is 18.8 Å². The Hall–Kier alpha value is -4.10. The largest absolute Gasteiger partial charge is 0.479 e. The fourth-order valence-electron chi connectivity index (χ4n) is 9.48. The lowest BCUT2D eigenvalue weighted by Crippen LogP contribution is -2.61. The minimum atomic E-state index is -1.91. The summed E-state index contributed by atoms with van der Waals surface area (Å²) in [7, 11) is 0. The fourth-order valence-corrected chi connectivity index (χ4v) is 9.48. The van der Waals surface area contributed by atoms with E-state index in [9.17, 15) is 34.5 Å². The van der Waals surface area contributed by atoms with Crippen LogP contribution in [0.3, 0.4) is 0 Å². The topological polar surface area (TPSA) is 175 Å². The highest BCUT2D eigenvalue weighted by molar-refractivity contribution is 5.74. The van der Waals surface area contributed by atoms with Crippen molar-refractivity contribution >= 4 is 23.9 Å². The van der Waals surface area contributed by atoms with Crippen LogP contribution in [0.15, 0.2) is 85.1 Å². The third kappa shape index (κ3) is 46.0. The van der Waals surface area contributed by atoms with Crippen molar-refractivity contribution < 1.29 is 58.2 Å². The SMILES string of the molecule is CC/C=C\C/C=C\C/C=C\C/C=C\C/C=C\CCCCCC(=O)OCC(COC1OC(C(=O)O)C(O)C(O)C1OC(=O)CCCCCCC/C=C\C/C=C\CCCCC)OC(=O)CCCCCCCCCCCCCCCCCCC. The first-order valence-corrected chi connectivity index (χ1v) is 32.6. The first kappa shape index (κ1) is 74.9. The van der Waals surface area contributed by atoms with Crippen LogP contribution in [0.25, 0.3) is 0 Å². The molecule has 1 rings (SSSR count). The number of rotatable bonds is 55. The van der Waals surface area contributed by atoms with Gasteiger partial charge in [0.2, 0.25) is 0 Å². The second-order valence-corrected chi connectivity index (χ2v) is 22.0. The zero-order valence-corrected chi connectivity index (χ0v) is 51.3. The molecule has 12 nitrogen and oxygen atoms in total. The van der Waals surface area contributed by atoms with Gasteiger partial charge in [-0.2, -0.15) is 0 Å². The Morgan fingerprint density at radius 2 is 0.778 bits per heavy atom. The van der Waals surface area contributed by atoms with Crippen molar-refractivity contribution in [3.05, 3.63) is 85.1 Å². The molecule has 0 radical (unpaired) electrons. The summed E-state index contributed by atoms with van der Waals surface area (Å²) in [6.45, 7) is 5.85. The minimum absolute atomic E-state index is 0.0395. The lowest BCUT2D eigenvalue weighted by Gasteiger charge is -2.40. The van der Waals surface area contributed by atoms with Gasteiger partial charge < -0.3 is 39.0 Å². The number of allylic oxidation sites excluding steroid dienone is 14. The van der Waals surface area contributed by atoms with Crippen LogP contribution >= 0.6 is 0 Å². The van der Waals surface area contributed by atoms with E-state index in [2.05, 4.69) is 106 Å². The van der Waals surface area contributed by atoms with Gasteiger partial charge in [-0.25, -0.2) is 4.79 Å². The molecule has 81 heavy (non-hydrogen) atoms. The number of aliphatic carboxylic acids is 1. The van der Waals surface area contributed by atoms with Crippen LogP contribution in [0.5, 0.6) is 0 Å². The molecule has 0 amide bonds. The van der Waals surface area contributed by atoms with Crippen LogP contribution in [0.1, 0.15) is 278 Å². The van der Waals surface area contributed by atoms with E-state index in [1.54, 1.807) is 0 Å². The van der Waals surface area contributed by atoms with Crippen molar-refractivity contribution in [2.75, 3.05) is 13.2 Å². The highest BCUT2D eigenvalue weighted by atomic mass is 16.7. The molecule has 6 atom stereocenters. The first-order chi connectivity index (χ1) is 39.6. The molecule has 0 saturated carbocycles. The normalized spacial score (nSPS) is 18.3. The lowest BCUT2D eigenvalue weighted by molar-refractivity contribution is -0.301. The molecule has 464 valence electrons. The monoisotopic (exact) mass is 1140 g/mol. The number of aliphatic hydroxyl groups is 2. The van der Waals surface area contributed by atoms with Crippen LogP contribution in [-0.2, 0) is 42.9 Å². The van der Waals surface area contributed by atoms with Gasteiger partial charge in [0.15, 0.2) is 24.6 Å². The van der Waals surface area contributed by atoms with Crippen molar-refractivity contribution in [1.29, 1.82) is 0 Å². The molecule has 0 aromatic heterocycles. The van der Waals surface area contributed by atoms with Gasteiger partial charge in [0, 0.05) is 19.3 Å². The van der Waals surface area contributed by atoms with E-state index in [1.165, 1.54) is 103 Å². The van der Waals surface area contributed by atoms with E-state index in [0.29, 0.717) is 19.3 Å². The second kappa shape index (κ2) is 56.4. The third-order valence-electron chi connectivity index (χ3n) is 14.5. The van der Waals surface area contributed by atoms with Crippen LogP contribution in [0.2, 0.25) is 0 Å². The Kier molecular flexibility index (Phi) is 52.1. The molecule has 0 spiro atoms. The molecular formula is C69H116O12. The van der Waals surface area contributed by atoms with E-state index >= 15 is 0 Å². The maximum absolute atomic E-state index is 13.2. The molecule has 6 unspecified atom stereocenters. The predicted molar refractivity (Wildman–Crippen MR) is 331 cm³/mol. The summed E-state index contributed by atoms with van der Waals surface area (Å²) in [6.07, 6.45) is 61.1. The number of aliphatic hydroxyl groups excluding tert-OH is 2. The summed E-state index contributed by atoms with van der Waals surface area (Å²) in [5.74, 6) is -3.17. The van der Waals surface area contributed by atoms with Crippen molar-refractivity contribution in [3.63, 3.8) is 0 Å². The van der Waals surface area contributed by atoms with Gasteiger partial charge in [0.25, 0.3) is 0 Å². The summed E-state index contributed by atoms with van der Waals surface area (Å²) in [5.41, 5.74) is 0. The minimum Gasteiger partial charge on any atom is -0.479 e. The molecule has 3 N–H and O–H groups in total. The number of carboxylic acid groups (broad SMARTS) is 1. The van der Waals surface area contributed by atoms with E-state index in [1.807, 2.05) is 0 Å². The van der Waals surface area contributed by atoms with Crippen LogP contribution in [0.4, 0.5) is 0 Å². The highest BCUT2D eigenvalue weighted by Crippen LogP contribution is 2.27. The highest BCUT2D eigenvalue weighted by Gasteiger charge is 2.50. The fraction of sp³-hybridized carbons (Fsp3) is 0.739. The van der Waals surface area contributed by atoms with E-state index in [4.69, 9.17) is 23.7 Å². The van der Waals surface area contributed by atoms with Gasteiger partial charge in [-0.1, -0.05) is 247 Å². The van der Waals surface area contributed by atoms with E-state index < -0.39 is 67.3 Å². The number of unbranched alkanes of at least 4 members (excludes halogenated alkanes) is 27. The summed E-state index contributed by atoms with van der Waals surface area (Å²) >= 11 is 0. The summed E-state index contributed by atoms with van der Waals surface area (Å²) < 4.78 is 28.5. The standard InChI is InChI=1S/C69H116O12/c1-4-7-10-13-16-19-22-25-28-30-31-33-35-37-40-43-46-49-52-55-61(70)77-58-60(79-62(71)56-53-50-47-44-41-39-36-32-29-26-23-20-17-14-11-8-5-2)59-78-69-67(65(74)64(73)66(81-69)68(75)76)80-63(72)57-54-51-48-45-42-38-34-27-24-21-18-15-12-9-6-3/h7,10,16,18-19,21,25,27-28,31,33-34,37,40,60,64-67,69,73-74H,4-6,8-9,11-15,17,20,22-24,26,29-30,32,35-36,38-39,41-59H2,1-3H3,(H,75,76)/b10-7-,19-16-,21-18-,28-25-,33-31-,34-27-,40-37-. The molecule has 12 heteroatoms. The molecule has 1 saturated heterocycles. The smallest absolute Gasteiger partial charge is 0.335 e. The Morgan fingerprint density at radius 1 is 0.420 bits per heavy atom. The van der Waals surface area contributed by atoms with Crippen LogP contribution in [0, 0.1) is 0 Å². The van der Waals surface area contributed by atoms with Crippen molar-refractivity contribution in [2.45, 2.75) is 314 Å². The quantitative estimate of drug-likeness (QED) is 0.0228. The average molecular weight is 1140 g/mol. The zero-order valence-electron chi connectivity index (χ0n) is 51.3. The van der Waals surface area contributed by atoms with E-state index in [0.717, 1.165) is 116 Å². The third-order valence-corrected chi connectivity index (χ3v) is 14.5. The molecule has 1 aliphatic rings. The number of carbonyl (C=O) groups is 4. The van der Waals surface area contributed by atoms with E-state index in [-0.39, 0.29) is 25.9 Å². The molecule has 0 aromatic carbocycles. The number of ether oxygens (including phenoxy) is 5. The van der Waals surface area contributed by atoms with Crippen LogP contribution < -0.4 is 0 Å². The number of hydrogen-bond donors (Lipinski definition) is 3. The van der Waals surface area contributed by atoms with Crippen molar-refractivity contribution in [2.24, 2.45) is 0 Å². The average Bonchev–Trinajstić information content (AvgIpc) is 3.53. The Balaban J connectivity index is 2.69.